The topological polar surface area (TPSA) is 84.6 Å². The molecule has 0 spiro atoms. The van der Waals surface area contributed by atoms with Gasteiger partial charge in [0, 0.05) is 53.0 Å². The lowest BCUT2D eigenvalue weighted by Crippen LogP contribution is -2.30. The van der Waals surface area contributed by atoms with Gasteiger partial charge in [0.05, 0.1) is 13.2 Å². The molecule has 2 aliphatic rings. The van der Waals surface area contributed by atoms with Crippen LogP contribution in [0, 0.1) is 0 Å². The molecule has 0 amide bonds. The molecular weight excluding hydrogens is 496 g/mol. The van der Waals surface area contributed by atoms with Crippen LogP contribution in [0.25, 0.3) is 0 Å². The van der Waals surface area contributed by atoms with E-state index in [1.54, 1.807) is 0 Å². The molecule has 0 bridgehead atoms. The Morgan fingerprint density at radius 3 is 1.64 bits per heavy atom. The minimum Gasteiger partial charge on any atom is -0.489 e. The lowest BCUT2D eigenvalue weighted by atomic mass is 10.2. The summed E-state index contributed by atoms with van der Waals surface area (Å²) in [5.41, 5.74) is 7.87. The molecule has 0 fully saturated rings. The molecule has 208 valence electrons. The van der Waals surface area contributed by atoms with Crippen molar-refractivity contribution in [2.24, 2.45) is 0 Å². The van der Waals surface area contributed by atoms with Gasteiger partial charge in [-0.1, -0.05) is 24.3 Å². The Kier molecular flexibility index (Phi) is 7.66. The predicted octanol–water partition coefficient (Wildman–Crippen LogP) is 6.02. The molecule has 3 aromatic rings. The van der Waals surface area contributed by atoms with E-state index in [1.807, 2.05) is 76.2 Å². The average Bonchev–Trinajstić information content (AvgIpc) is 3.39. The van der Waals surface area contributed by atoms with Gasteiger partial charge >= 0.3 is 0 Å². The smallest absolute Gasteiger partial charge is 0.246 e. The summed E-state index contributed by atoms with van der Waals surface area (Å²) in [4.78, 5) is 2.41. The molecule has 0 aliphatic carbocycles. The van der Waals surface area contributed by atoms with Crippen molar-refractivity contribution in [3.63, 3.8) is 0 Å². The van der Waals surface area contributed by atoms with Gasteiger partial charge in [-0.15, -0.1) is 0 Å². The molecule has 0 saturated heterocycles. The van der Waals surface area contributed by atoms with Gasteiger partial charge in [-0.25, -0.2) is 0 Å². The standard InChI is InChI=1S/C31H38N2O6/c1-30(2)36-26-11-5-9-24(28(26)38-30)34-19-7-17-33(21-22-13-15-23(32)16-14-22)18-8-20-35-25-10-6-12-27-29(25)39-31(3,4)37-27/h5-6,9-16H,7-8,17-21,32H2,1-4H3. The van der Waals surface area contributed by atoms with Crippen molar-refractivity contribution in [2.45, 2.75) is 58.7 Å². The average molecular weight is 535 g/mol. The molecule has 0 saturated carbocycles. The second kappa shape index (κ2) is 11.1. The first-order valence-electron chi connectivity index (χ1n) is 13.5. The highest BCUT2D eigenvalue weighted by Crippen LogP contribution is 2.46. The van der Waals surface area contributed by atoms with Crippen molar-refractivity contribution >= 4 is 5.69 Å². The maximum atomic E-state index is 6.10. The fraction of sp³-hybridized carbons (Fsp3) is 0.419. The molecule has 8 heteroatoms. The molecule has 0 unspecified atom stereocenters. The molecule has 0 aromatic heterocycles. The van der Waals surface area contributed by atoms with E-state index in [1.165, 1.54) is 5.56 Å². The van der Waals surface area contributed by atoms with E-state index in [0.29, 0.717) is 47.7 Å². The zero-order valence-electron chi connectivity index (χ0n) is 23.2. The number of anilines is 1. The number of rotatable bonds is 12. The van der Waals surface area contributed by atoms with Crippen LogP contribution in [0.2, 0.25) is 0 Å². The fourth-order valence-corrected chi connectivity index (χ4v) is 4.74. The molecule has 2 aliphatic heterocycles. The van der Waals surface area contributed by atoms with Crippen molar-refractivity contribution < 1.29 is 28.4 Å². The Morgan fingerprint density at radius 2 is 1.15 bits per heavy atom. The molecular formula is C31H38N2O6. The van der Waals surface area contributed by atoms with Crippen LogP contribution in [-0.4, -0.2) is 42.8 Å². The highest BCUT2D eigenvalue weighted by atomic mass is 16.7. The summed E-state index contributed by atoms with van der Waals surface area (Å²) >= 11 is 0. The van der Waals surface area contributed by atoms with Crippen LogP contribution in [0.15, 0.2) is 60.7 Å². The Hall–Kier alpha value is -3.78. The van der Waals surface area contributed by atoms with Gasteiger partial charge in [0.15, 0.2) is 23.0 Å². The van der Waals surface area contributed by atoms with Crippen LogP contribution in [0.4, 0.5) is 5.69 Å². The summed E-state index contributed by atoms with van der Waals surface area (Å²) in [5.74, 6) is 2.82. The first-order valence-corrected chi connectivity index (χ1v) is 13.5. The zero-order valence-corrected chi connectivity index (χ0v) is 23.2. The summed E-state index contributed by atoms with van der Waals surface area (Å²) in [7, 11) is 0. The minimum absolute atomic E-state index is 0.568. The van der Waals surface area contributed by atoms with Crippen LogP contribution < -0.4 is 34.2 Å². The van der Waals surface area contributed by atoms with Crippen molar-refractivity contribution in [1.29, 1.82) is 0 Å². The maximum Gasteiger partial charge on any atom is 0.246 e. The minimum atomic E-state index is -0.686. The summed E-state index contributed by atoms with van der Waals surface area (Å²) in [6, 6.07) is 19.5. The number of nitrogens with zero attached hydrogens (tertiary/aromatic N) is 1. The Bertz CT molecular complexity index is 1200. The van der Waals surface area contributed by atoms with Gasteiger partial charge in [0.25, 0.3) is 0 Å². The van der Waals surface area contributed by atoms with Gasteiger partial charge in [0.1, 0.15) is 0 Å². The van der Waals surface area contributed by atoms with Gasteiger partial charge in [0.2, 0.25) is 23.1 Å². The van der Waals surface area contributed by atoms with E-state index >= 15 is 0 Å². The number of hydrogen-bond donors (Lipinski definition) is 1. The van der Waals surface area contributed by atoms with E-state index in [4.69, 9.17) is 34.2 Å². The van der Waals surface area contributed by atoms with E-state index in [9.17, 15) is 0 Å². The van der Waals surface area contributed by atoms with Crippen LogP contribution in [-0.2, 0) is 6.54 Å². The Labute approximate surface area is 230 Å². The summed E-state index contributed by atoms with van der Waals surface area (Å²) in [5, 5.41) is 0. The van der Waals surface area contributed by atoms with Gasteiger partial charge in [-0.05, 0) is 54.8 Å². The van der Waals surface area contributed by atoms with E-state index in [-0.39, 0.29) is 0 Å². The molecule has 39 heavy (non-hydrogen) atoms. The third-order valence-electron chi connectivity index (χ3n) is 6.43. The number of hydrogen-bond acceptors (Lipinski definition) is 8. The van der Waals surface area contributed by atoms with Crippen LogP contribution >= 0.6 is 0 Å². The number of ether oxygens (including phenoxy) is 6. The highest BCUT2D eigenvalue weighted by Gasteiger charge is 2.35. The normalized spacial score (nSPS) is 15.9. The Morgan fingerprint density at radius 1 is 0.667 bits per heavy atom. The van der Waals surface area contributed by atoms with Gasteiger partial charge in [-0.2, -0.15) is 0 Å². The maximum absolute atomic E-state index is 6.10. The van der Waals surface area contributed by atoms with E-state index < -0.39 is 11.6 Å². The van der Waals surface area contributed by atoms with Crippen molar-refractivity contribution in [3.05, 3.63) is 66.2 Å². The molecule has 8 nitrogen and oxygen atoms in total. The van der Waals surface area contributed by atoms with Gasteiger partial charge < -0.3 is 34.2 Å². The van der Waals surface area contributed by atoms with E-state index in [2.05, 4.69) is 17.0 Å². The van der Waals surface area contributed by atoms with Crippen molar-refractivity contribution in [2.75, 3.05) is 32.0 Å². The quantitative estimate of drug-likeness (QED) is 0.223. The van der Waals surface area contributed by atoms with Crippen molar-refractivity contribution in [1.82, 2.24) is 4.90 Å². The second-order valence-electron chi connectivity index (χ2n) is 10.8. The summed E-state index contributed by atoms with van der Waals surface area (Å²) in [6.45, 7) is 11.3. The van der Waals surface area contributed by atoms with Crippen LogP contribution in [0.3, 0.4) is 0 Å². The number of nitrogen functional groups attached to an aromatic ring is 1. The lowest BCUT2D eigenvalue weighted by Gasteiger charge is -2.23. The first-order chi connectivity index (χ1) is 18.7. The van der Waals surface area contributed by atoms with Crippen LogP contribution in [0.5, 0.6) is 34.5 Å². The molecule has 2 N–H and O–H groups in total. The third kappa shape index (κ3) is 6.81. The first kappa shape index (κ1) is 26.8. The Balaban J connectivity index is 1.14. The number of para-hydroxylation sites is 2. The van der Waals surface area contributed by atoms with Crippen LogP contribution in [0.1, 0.15) is 46.1 Å². The molecule has 0 atom stereocenters. The fourth-order valence-electron chi connectivity index (χ4n) is 4.74. The summed E-state index contributed by atoms with van der Waals surface area (Å²) < 4.78 is 35.7. The molecule has 2 heterocycles. The molecule has 3 aromatic carbocycles. The zero-order chi connectivity index (χ0) is 27.5. The third-order valence-corrected chi connectivity index (χ3v) is 6.43. The van der Waals surface area contributed by atoms with Crippen molar-refractivity contribution in [3.8, 4) is 34.5 Å². The second-order valence-corrected chi connectivity index (χ2v) is 10.8. The number of nitrogens with two attached hydrogens (primary N) is 1. The SMILES string of the molecule is CC1(C)Oc2cccc(OCCCN(CCCOc3cccc4c3OC(C)(C)O4)Cc3ccc(N)cc3)c2O1. The number of fused-ring (bicyclic) bond motifs is 2. The summed E-state index contributed by atoms with van der Waals surface area (Å²) in [6.07, 6.45) is 1.71. The molecule has 5 rings (SSSR count). The predicted molar refractivity (Wildman–Crippen MR) is 150 cm³/mol. The largest absolute Gasteiger partial charge is 0.489 e. The lowest BCUT2D eigenvalue weighted by molar-refractivity contribution is -0.0446. The number of benzene rings is 3. The van der Waals surface area contributed by atoms with Gasteiger partial charge in [-0.3, -0.25) is 4.90 Å². The monoisotopic (exact) mass is 534 g/mol. The highest BCUT2D eigenvalue weighted by molar-refractivity contribution is 5.54. The molecule has 0 radical (unpaired) electrons. The van der Waals surface area contributed by atoms with E-state index in [0.717, 1.165) is 38.2 Å².